The van der Waals surface area contributed by atoms with Crippen LogP contribution in [-0.4, -0.2) is 68.1 Å². The van der Waals surface area contributed by atoms with E-state index in [2.05, 4.69) is 28.1 Å². The summed E-state index contributed by atoms with van der Waals surface area (Å²) >= 11 is 0. The molecule has 2 aliphatic carbocycles. The number of nitrogen functional groups attached to an aromatic ring is 1. The maximum atomic E-state index is 12.0. The second-order valence-corrected chi connectivity index (χ2v) is 11.8. The lowest BCUT2D eigenvalue weighted by Gasteiger charge is -2.24. The van der Waals surface area contributed by atoms with Crippen LogP contribution >= 0.6 is 23.5 Å². The van der Waals surface area contributed by atoms with Gasteiger partial charge in [-0.1, -0.05) is 0 Å². The summed E-state index contributed by atoms with van der Waals surface area (Å²) in [5.41, 5.74) is 5.30. The zero-order valence-electron chi connectivity index (χ0n) is 15.7. The number of phosphoric ester groups is 1. The molecule has 2 saturated carbocycles. The number of anilines is 1. The molecule has 32 heavy (non-hydrogen) atoms. The molecule has 20 heteroatoms. The van der Waals surface area contributed by atoms with Crippen molar-refractivity contribution in [3.8, 4) is 0 Å². The summed E-state index contributed by atoms with van der Waals surface area (Å²) in [6, 6.07) is 0. The van der Waals surface area contributed by atoms with E-state index in [9.17, 15) is 33.7 Å². The Hall–Kier alpha value is -1.32. The van der Waals surface area contributed by atoms with Gasteiger partial charge in [-0.05, 0) is 12.3 Å². The van der Waals surface area contributed by atoms with Crippen LogP contribution in [0.5, 0.6) is 0 Å². The Labute approximate surface area is 178 Å². The molecule has 0 saturated heterocycles. The van der Waals surface area contributed by atoms with Gasteiger partial charge in [-0.2, -0.15) is 8.62 Å². The third-order valence-electron chi connectivity index (χ3n) is 5.48. The molecular formula is C12H18N5O12P3. The first-order chi connectivity index (χ1) is 14.7. The van der Waals surface area contributed by atoms with Crippen LogP contribution in [0.15, 0.2) is 12.7 Å². The van der Waals surface area contributed by atoms with Gasteiger partial charge in [0.25, 0.3) is 0 Å². The monoisotopic (exact) mass is 517 g/mol. The largest absolute Gasteiger partial charge is 0.490 e. The van der Waals surface area contributed by atoms with E-state index < -0.39 is 59.7 Å². The molecule has 4 rings (SSSR count). The number of hydrogen-bond acceptors (Lipinski definition) is 12. The van der Waals surface area contributed by atoms with Gasteiger partial charge < -0.3 is 40.1 Å². The number of rotatable bonds is 8. The van der Waals surface area contributed by atoms with E-state index in [1.165, 1.54) is 17.2 Å². The Morgan fingerprint density at radius 2 is 1.78 bits per heavy atom. The van der Waals surface area contributed by atoms with Crippen LogP contribution in [0.2, 0.25) is 0 Å². The minimum Gasteiger partial charge on any atom is -0.390 e. The number of nitrogens with two attached hydrogens (primary N) is 1. The quantitative estimate of drug-likeness (QED) is 0.203. The van der Waals surface area contributed by atoms with Gasteiger partial charge in [-0.3, -0.25) is 4.52 Å². The highest BCUT2D eigenvalue weighted by molar-refractivity contribution is 7.66. The summed E-state index contributed by atoms with van der Waals surface area (Å²) in [6.45, 7) is -0.710. The molecule has 0 spiro atoms. The number of aromatic nitrogens is 4. The van der Waals surface area contributed by atoms with Crippen LogP contribution in [0.4, 0.5) is 5.82 Å². The Morgan fingerprint density at radius 1 is 1.09 bits per heavy atom. The minimum absolute atomic E-state index is 0.111. The number of phosphoric acid groups is 3. The standard InChI is InChI=1S/C12H18N5O12P3/c13-10-7-11(15-3-14-10)17(4-16-7)12-1-6(12)5(8(18)9(12)19)2-27-31(23,24)29-32(25,26)28-30(20,21)22/h3-6,8-9,18-19H,1-2H2,(H,23,24)(H,25,26)(H2,13,14,15)(H2,20,21,22)/t5-,6-,8+,9+,12-/m0/s1. The molecule has 0 aliphatic heterocycles. The van der Waals surface area contributed by atoms with Crippen LogP contribution in [0.25, 0.3) is 11.2 Å². The Balaban J connectivity index is 1.50. The Bertz CT molecular complexity index is 1200. The molecule has 0 radical (unpaired) electrons. The van der Waals surface area contributed by atoms with E-state index in [4.69, 9.17) is 15.5 Å². The Kier molecular flexibility index (Phi) is 5.66. The average Bonchev–Trinajstić information content (AvgIpc) is 3.12. The van der Waals surface area contributed by atoms with E-state index in [0.29, 0.717) is 12.1 Å². The molecule has 8 N–H and O–H groups in total. The SMILES string of the molecule is Nc1ncnc2c1ncn2[C@@]12C[C@H]1[C@H](COP(=O)(O)OP(=O)(O)OP(=O)(O)O)[C@@H](O)[C@H]2O. The van der Waals surface area contributed by atoms with E-state index in [1.807, 2.05) is 0 Å². The van der Waals surface area contributed by atoms with Crippen molar-refractivity contribution in [2.24, 2.45) is 11.8 Å². The molecule has 2 aromatic rings. The highest BCUT2D eigenvalue weighted by atomic mass is 31.3. The van der Waals surface area contributed by atoms with Gasteiger partial charge in [-0.15, -0.1) is 0 Å². The molecule has 2 fully saturated rings. The molecule has 0 amide bonds. The maximum absolute atomic E-state index is 12.0. The summed E-state index contributed by atoms with van der Waals surface area (Å²) in [4.78, 5) is 48.0. The lowest BCUT2D eigenvalue weighted by atomic mass is 10.0. The maximum Gasteiger partial charge on any atom is 0.490 e. The molecule has 7 atom stereocenters. The number of aliphatic hydroxyl groups is 2. The summed E-state index contributed by atoms with van der Waals surface area (Å²) in [5.74, 6) is -1.29. The van der Waals surface area contributed by atoms with Crippen molar-refractivity contribution in [2.45, 2.75) is 24.2 Å². The Morgan fingerprint density at radius 3 is 2.44 bits per heavy atom. The first-order valence-electron chi connectivity index (χ1n) is 8.75. The molecule has 17 nitrogen and oxygen atoms in total. The van der Waals surface area contributed by atoms with E-state index in [0.717, 1.165) is 0 Å². The summed E-state index contributed by atoms with van der Waals surface area (Å²) in [7, 11) is -16.6. The van der Waals surface area contributed by atoms with Crippen molar-refractivity contribution in [3.63, 3.8) is 0 Å². The van der Waals surface area contributed by atoms with Gasteiger partial charge in [0.2, 0.25) is 0 Å². The number of imidazole rings is 1. The lowest BCUT2D eigenvalue weighted by molar-refractivity contribution is -0.0269. The molecule has 178 valence electrons. The van der Waals surface area contributed by atoms with Gasteiger partial charge >= 0.3 is 23.5 Å². The molecule has 2 aromatic heterocycles. The smallest absolute Gasteiger partial charge is 0.390 e. The zero-order chi connectivity index (χ0) is 23.7. The van der Waals surface area contributed by atoms with Crippen LogP contribution in [0.3, 0.4) is 0 Å². The predicted molar refractivity (Wildman–Crippen MR) is 101 cm³/mol. The lowest BCUT2D eigenvalue weighted by Crippen LogP contribution is -2.39. The van der Waals surface area contributed by atoms with Crippen LogP contribution in [-0.2, 0) is 32.4 Å². The topological polar surface area (TPSA) is 270 Å². The van der Waals surface area contributed by atoms with Gasteiger partial charge in [0, 0.05) is 5.92 Å². The van der Waals surface area contributed by atoms with Crippen molar-refractivity contribution < 1.29 is 56.6 Å². The van der Waals surface area contributed by atoms with Crippen molar-refractivity contribution >= 4 is 40.4 Å². The normalized spacial score (nSPS) is 33.6. The molecule has 2 unspecified atom stereocenters. The summed E-state index contributed by atoms with van der Waals surface area (Å²) in [6.07, 6.45) is 0.101. The second-order valence-electron chi connectivity index (χ2n) is 7.33. The average molecular weight is 517 g/mol. The number of nitrogens with zero attached hydrogens (tertiary/aromatic N) is 4. The number of hydrogen-bond donors (Lipinski definition) is 7. The fraction of sp³-hybridized carbons (Fsp3) is 0.583. The van der Waals surface area contributed by atoms with Gasteiger partial charge in [0.15, 0.2) is 11.5 Å². The van der Waals surface area contributed by atoms with Gasteiger partial charge in [0.1, 0.15) is 17.9 Å². The fourth-order valence-corrected chi connectivity index (χ4v) is 7.25. The van der Waals surface area contributed by atoms with Crippen molar-refractivity contribution in [2.75, 3.05) is 12.3 Å². The first-order valence-corrected chi connectivity index (χ1v) is 13.3. The summed E-state index contributed by atoms with van der Waals surface area (Å²) < 4.78 is 47.5. The highest BCUT2D eigenvalue weighted by Crippen LogP contribution is 2.68. The molecule has 0 aromatic carbocycles. The predicted octanol–water partition coefficient (Wildman–Crippen LogP) is -1.18. The van der Waals surface area contributed by atoms with Crippen LogP contribution in [0.1, 0.15) is 6.42 Å². The van der Waals surface area contributed by atoms with Gasteiger partial charge in [0.05, 0.1) is 24.6 Å². The third kappa shape index (κ3) is 4.16. The minimum atomic E-state index is -5.67. The van der Waals surface area contributed by atoms with Crippen molar-refractivity contribution in [3.05, 3.63) is 12.7 Å². The molecule has 0 bridgehead atoms. The van der Waals surface area contributed by atoms with Crippen molar-refractivity contribution in [1.82, 2.24) is 19.5 Å². The summed E-state index contributed by atoms with van der Waals surface area (Å²) in [5, 5.41) is 21.2. The number of aliphatic hydroxyl groups excluding tert-OH is 2. The van der Waals surface area contributed by atoms with Gasteiger partial charge in [-0.25, -0.2) is 28.6 Å². The van der Waals surface area contributed by atoms with Crippen LogP contribution in [0, 0.1) is 11.8 Å². The molecule has 2 aliphatic rings. The molecular weight excluding hydrogens is 499 g/mol. The van der Waals surface area contributed by atoms with E-state index >= 15 is 0 Å². The zero-order valence-corrected chi connectivity index (χ0v) is 18.4. The highest BCUT2D eigenvalue weighted by Gasteiger charge is 2.72. The number of fused-ring (bicyclic) bond motifs is 2. The third-order valence-corrected chi connectivity index (χ3v) is 9.28. The first kappa shape index (κ1) is 23.8. The fourth-order valence-electron chi connectivity index (χ4n) is 4.20. The van der Waals surface area contributed by atoms with E-state index in [1.54, 1.807) is 0 Å². The van der Waals surface area contributed by atoms with Crippen LogP contribution < -0.4 is 5.73 Å². The second kappa shape index (κ2) is 7.60. The van der Waals surface area contributed by atoms with E-state index in [-0.39, 0.29) is 11.3 Å². The molecule has 2 heterocycles. The van der Waals surface area contributed by atoms with Crippen molar-refractivity contribution in [1.29, 1.82) is 0 Å².